The van der Waals surface area contributed by atoms with Gasteiger partial charge in [-0.05, 0) is 36.2 Å². The highest BCUT2D eigenvalue weighted by atomic mass is 32.1. The fourth-order valence-electron chi connectivity index (χ4n) is 1.63. The molecule has 2 nitrogen and oxygen atoms in total. The van der Waals surface area contributed by atoms with Crippen LogP contribution in [-0.2, 0) is 6.42 Å². The van der Waals surface area contributed by atoms with E-state index in [1.54, 1.807) is 18.5 Å². The lowest BCUT2D eigenvalue weighted by Crippen LogP contribution is -1.95. The number of nitrogens with one attached hydrogen (secondary N) is 1. The Morgan fingerprint density at radius 1 is 1.31 bits per heavy atom. The first-order valence-electron chi connectivity index (χ1n) is 5.05. The fraction of sp³-hybridized carbons (Fsp3) is 0.167. The van der Waals surface area contributed by atoms with Gasteiger partial charge in [-0.15, -0.1) is 0 Å². The molecule has 1 aromatic heterocycles. The van der Waals surface area contributed by atoms with E-state index in [0.717, 1.165) is 23.2 Å². The number of benzene rings is 1. The van der Waals surface area contributed by atoms with Crippen molar-refractivity contribution < 1.29 is 4.39 Å². The van der Waals surface area contributed by atoms with E-state index in [9.17, 15) is 4.39 Å². The van der Waals surface area contributed by atoms with Gasteiger partial charge in [0.05, 0.1) is 12.0 Å². The van der Waals surface area contributed by atoms with Crippen LogP contribution in [-0.4, -0.2) is 9.97 Å². The SMILES string of the molecule is CCc1c(-c2ccc(F)cc2)[nH]cnc1=S. The van der Waals surface area contributed by atoms with Gasteiger partial charge >= 0.3 is 0 Å². The summed E-state index contributed by atoms with van der Waals surface area (Å²) in [5.74, 6) is -0.241. The van der Waals surface area contributed by atoms with Gasteiger partial charge in [-0.2, -0.15) is 0 Å². The molecule has 0 atom stereocenters. The maximum atomic E-state index is 12.8. The van der Waals surface area contributed by atoms with E-state index in [0.29, 0.717) is 4.64 Å². The average Bonchev–Trinajstić information content (AvgIpc) is 2.30. The van der Waals surface area contributed by atoms with Gasteiger partial charge in [-0.3, -0.25) is 0 Å². The summed E-state index contributed by atoms with van der Waals surface area (Å²) in [5, 5.41) is 0. The van der Waals surface area contributed by atoms with Crippen molar-refractivity contribution in [2.45, 2.75) is 13.3 Å². The lowest BCUT2D eigenvalue weighted by Gasteiger charge is -2.07. The Morgan fingerprint density at radius 3 is 2.62 bits per heavy atom. The quantitative estimate of drug-likeness (QED) is 0.805. The second-order valence-electron chi connectivity index (χ2n) is 3.42. The minimum absolute atomic E-state index is 0.241. The Kier molecular flexibility index (Phi) is 3.10. The molecule has 0 saturated heterocycles. The van der Waals surface area contributed by atoms with E-state index in [2.05, 4.69) is 9.97 Å². The summed E-state index contributed by atoms with van der Waals surface area (Å²) < 4.78 is 13.4. The maximum Gasteiger partial charge on any atom is 0.133 e. The van der Waals surface area contributed by atoms with E-state index in [-0.39, 0.29) is 5.82 Å². The predicted molar refractivity (Wildman–Crippen MR) is 64.2 cm³/mol. The predicted octanol–water partition coefficient (Wildman–Crippen LogP) is 3.51. The summed E-state index contributed by atoms with van der Waals surface area (Å²) in [5.41, 5.74) is 2.83. The number of nitrogens with zero attached hydrogens (tertiary/aromatic N) is 1. The third kappa shape index (κ3) is 2.02. The Balaban J connectivity index is 2.60. The molecule has 0 aliphatic carbocycles. The van der Waals surface area contributed by atoms with E-state index in [1.165, 1.54) is 12.1 Å². The first-order valence-corrected chi connectivity index (χ1v) is 5.45. The van der Waals surface area contributed by atoms with Gasteiger partial charge in [0.1, 0.15) is 10.5 Å². The zero-order valence-corrected chi connectivity index (χ0v) is 9.64. The summed E-state index contributed by atoms with van der Waals surface area (Å²) in [6, 6.07) is 6.34. The van der Waals surface area contributed by atoms with Crippen molar-refractivity contribution in [2.24, 2.45) is 0 Å². The number of hydrogen-bond acceptors (Lipinski definition) is 2. The van der Waals surface area contributed by atoms with Gasteiger partial charge in [0.15, 0.2) is 0 Å². The molecule has 0 aliphatic rings. The highest BCUT2D eigenvalue weighted by molar-refractivity contribution is 7.71. The molecule has 0 radical (unpaired) electrons. The van der Waals surface area contributed by atoms with Crippen molar-refractivity contribution in [3.63, 3.8) is 0 Å². The fourth-order valence-corrected chi connectivity index (χ4v) is 1.93. The normalized spacial score (nSPS) is 10.4. The third-order valence-electron chi connectivity index (χ3n) is 2.44. The minimum Gasteiger partial charge on any atom is -0.346 e. The van der Waals surface area contributed by atoms with Crippen LogP contribution in [0, 0.1) is 10.5 Å². The van der Waals surface area contributed by atoms with Crippen molar-refractivity contribution in [1.82, 2.24) is 9.97 Å². The molecule has 0 spiro atoms. The van der Waals surface area contributed by atoms with E-state index < -0.39 is 0 Å². The molecular formula is C12H11FN2S. The van der Waals surface area contributed by atoms with Crippen molar-refractivity contribution in [3.05, 3.63) is 46.6 Å². The molecule has 1 N–H and O–H groups in total. The van der Waals surface area contributed by atoms with Crippen molar-refractivity contribution >= 4 is 12.2 Å². The molecule has 0 bridgehead atoms. The van der Waals surface area contributed by atoms with Gasteiger partial charge in [-0.1, -0.05) is 19.1 Å². The van der Waals surface area contributed by atoms with E-state index >= 15 is 0 Å². The van der Waals surface area contributed by atoms with E-state index in [1.807, 2.05) is 6.92 Å². The number of rotatable bonds is 2. The van der Waals surface area contributed by atoms with Gasteiger partial charge in [-0.25, -0.2) is 9.37 Å². The number of aromatic nitrogens is 2. The number of aromatic amines is 1. The van der Waals surface area contributed by atoms with Crippen LogP contribution in [0.2, 0.25) is 0 Å². The first-order chi connectivity index (χ1) is 7.72. The van der Waals surface area contributed by atoms with Gasteiger partial charge in [0, 0.05) is 5.56 Å². The average molecular weight is 234 g/mol. The molecule has 2 aromatic rings. The first kappa shape index (κ1) is 11.0. The van der Waals surface area contributed by atoms with Crippen molar-refractivity contribution in [2.75, 3.05) is 0 Å². The summed E-state index contributed by atoms with van der Waals surface area (Å²) >= 11 is 5.16. The van der Waals surface area contributed by atoms with Crippen LogP contribution >= 0.6 is 12.2 Å². The molecule has 0 amide bonds. The summed E-state index contributed by atoms with van der Waals surface area (Å²) in [6.45, 7) is 2.02. The molecule has 0 aliphatic heterocycles. The minimum atomic E-state index is -0.241. The van der Waals surface area contributed by atoms with Crippen molar-refractivity contribution in [3.8, 4) is 11.3 Å². The molecule has 0 fully saturated rings. The number of H-pyrrole nitrogens is 1. The zero-order chi connectivity index (χ0) is 11.5. The summed E-state index contributed by atoms with van der Waals surface area (Å²) in [4.78, 5) is 7.10. The molecule has 0 saturated carbocycles. The van der Waals surface area contributed by atoms with Crippen LogP contribution in [0.15, 0.2) is 30.6 Å². The van der Waals surface area contributed by atoms with Crippen LogP contribution < -0.4 is 0 Å². The summed E-state index contributed by atoms with van der Waals surface area (Å²) in [7, 11) is 0. The van der Waals surface area contributed by atoms with Gasteiger partial charge < -0.3 is 4.98 Å². The molecule has 1 heterocycles. The van der Waals surface area contributed by atoms with Gasteiger partial charge in [0.25, 0.3) is 0 Å². The lowest BCUT2D eigenvalue weighted by atomic mass is 10.1. The molecule has 16 heavy (non-hydrogen) atoms. The monoisotopic (exact) mass is 234 g/mol. The Bertz CT molecular complexity index is 546. The third-order valence-corrected chi connectivity index (χ3v) is 2.79. The van der Waals surface area contributed by atoms with Crippen molar-refractivity contribution in [1.29, 1.82) is 0 Å². The number of halogens is 1. The van der Waals surface area contributed by atoms with Crippen LogP contribution in [0.3, 0.4) is 0 Å². The molecule has 2 rings (SSSR count). The lowest BCUT2D eigenvalue weighted by molar-refractivity contribution is 0.628. The molecule has 4 heteroatoms. The second-order valence-corrected chi connectivity index (χ2v) is 3.81. The van der Waals surface area contributed by atoms with Gasteiger partial charge in [0.2, 0.25) is 0 Å². The van der Waals surface area contributed by atoms with Crippen LogP contribution in [0.1, 0.15) is 12.5 Å². The highest BCUT2D eigenvalue weighted by Gasteiger charge is 2.06. The topological polar surface area (TPSA) is 28.7 Å². The molecule has 0 unspecified atom stereocenters. The van der Waals surface area contributed by atoms with Crippen LogP contribution in [0.4, 0.5) is 4.39 Å². The molecular weight excluding hydrogens is 223 g/mol. The molecule has 1 aromatic carbocycles. The Labute approximate surface area is 98.2 Å². The largest absolute Gasteiger partial charge is 0.346 e. The molecule has 82 valence electrons. The highest BCUT2D eigenvalue weighted by Crippen LogP contribution is 2.21. The second kappa shape index (κ2) is 4.53. The Morgan fingerprint density at radius 2 is 2.00 bits per heavy atom. The Hall–Kier alpha value is -1.55. The number of hydrogen-bond donors (Lipinski definition) is 1. The van der Waals surface area contributed by atoms with Crippen LogP contribution in [0.5, 0.6) is 0 Å². The smallest absolute Gasteiger partial charge is 0.133 e. The standard InChI is InChI=1S/C12H11FN2S/c1-2-10-11(14-7-15-12(10)16)8-3-5-9(13)6-4-8/h3-7H,2H2,1H3,(H,14,15,16). The summed E-state index contributed by atoms with van der Waals surface area (Å²) in [6.07, 6.45) is 2.37. The zero-order valence-electron chi connectivity index (χ0n) is 8.83. The van der Waals surface area contributed by atoms with Crippen LogP contribution in [0.25, 0.3) is 11.3 Å². The maximum absolute atomic E-state index is 12.8. The van der Waals surface area contributed by atoms with E-state index in [4.69, 9.17) is 12.2 Å².